The van der Waals surface area contributed by atoms with Gasteiger partial charge in [0.05, 0.1) is 12.5 Å². The lowest BCUT2D eigenvalue weighted by Crippen LogP contribution is -2.43. The van der Waals surface area contributed by atoms with Crippen molar-refractivity contribution in [2.24, 2.45) is 0 Å². The number of amides is 2. The number of halogens is 1. The summed E-state index contributed by atoms with van der Waals surface area (Å²) in [4.78, 5) is 28.1. The van der Waals surface area contributed by atoms with E-state index in [1.165, 1.54) is 6.42 Å². The number of likely N-dealkylation sites (tertiary alicyclic amines) is 1. The lowest BCUT2D eigenvalue weighted by Gasteiger charge is -2.27. The summed E-state index contributed by atoms with van der Waals surface area (Å²) in [5, 5.41) is 5.50. The molecular weight excluding hydrogens is 368 g/mol. The molecule has 0 bridgehead atoms. The van der Waals surface area contributed by atoms with Gasteiger partial charge in [-0.1, -0.05) is 29.8 Å². The highest BCUT2D eigenvalue weighted by Gasteiger charge is 2.23. The molecule has 0 spiro atoms. The number of hydrogen-bond donors (Lipinski definition) is 1. The van der Waals surface area contributed by atoms with Gasteiger partial charge in [0, 0.05) is 23.0 Å². The molecule has 4 nitrogen and oxygen atoms in total. The number of piperidine rings is 1. The molecule has 26 heavy (non-hydrogen) atoms. The zero-order chi connectivity index (χ0) is 18.4. The van der Waals surface area contributed by atoms with Gasteiger partial charge in [-0.05, 0) is 54.8 Å². The third-order valence-electron chi connectivity index (χ3n) is 4.70. The van der Waals surface area contributed by atoms with Crippen molar-refractivity contribution in [2.75, 3.05) is 19.6 Å². The van der Waals surface area contributed by atoms with Crippen LogP contribution in [0.2, 0.25) is 5.02 Å². The van der Waals surface area contributed by atoms with Gasteiger partial charge >= 0.3 is 0 Å². The quantitative estimate of drug-likeness (QED) is 0.814. The second-order valence-electron chi connectivity index (χ2n) is 6.55. The average molecular weight is 391 g/mol. The second kappa shape index (κ2) is 9.19. The van der Waals surface area contributed by atoms with Crippen LogP contribution in [0.15, 0.2) is 41.8 Å². The van der Waals surface area contributed by atoms with E-state index < -0.39 is 0 Å². The van der Waals surface area contributed by atoms with E-state index in [4.69, 9.17) is 11.6 Å². The van der Waals surface area contributed by atoms with Crippen molar-refractivity contribution in [3.8, 4) is 0 Å². The summed E-state index contributed by atoms with van der Waals surface area (Å²) in [5.74, 6) is -0.449. The number of benzene rings is 1. The van der Waals surface area contributed by atoms with Gasteiger partial charge in [0.1, 0.15) is 0 Å². The van der Waals surface area contributed by atoms with E-state index in [1.807, 2.05) is 34.5 Å². The molecule has 0 aliphatic carbocycles. The fourth-order valence-electron chi connectivity index (χ4n) is 3.23. The molecule has 1 fully saturated rings. The molecule has 2 heterocycles. The van der Waals surface area contributed by atoms with Gasteiger partial charge in [0.2, 0.25) is 11.8 Å². The molecule has 2 amide bonds. The van der Waals surface area contributed by atoms with Gasteiger partial charge in [-0.2, -0.15) is 0 Å². The molecule has 1 aromatic heterocycles. The molecule has 1 unspecified atom stereocenters. The summed E-state index contributed by atoms with van der Waals surface area (Å²) in [6.07, 6.45) is 3.88. The van der Waals surface area contributed by atoms with Crippen molar-refractivity contribution in [3.63, 3.8) is 0 Å². The van der Waals surface area contributed by atoms with Gasteiger partial charge in [-0.3, -0.25) is 9.59 Å². The van der Waals surface area contributed by atoms with Crippen LogP contribution in [0.4, 0.5) is 0 Å². The SMILES string of the molecule is O=C(NCC(=O)N1CCCCC1)C(Cc1cccs1)c1ccc(Cl)cc1. The minimum Gasteiger partial charge on any atom is -0.346 e. The van der Waals surface area contributed by atoms with Crippen LogP contribution in [-0.2, 0) is 16.0 Å². The fourth-order valence-corrected chi connectivity index (χ4v) is 4.11. The van der Waals surface area contributed by atoms with Crippen LogP contribution in [0.25, 0.3) is 0 Å². The van der Waals surface area contributed by atoms with E-state index in [9.17, 15) is 9.59 Å². The molecule has 2 aromatic rings. The molecule has 1 saturated heterocycles. The monoisotopic (exact) mass is 390 g/mol. The molecule has 138 valence electrons. The normalized spacial score (nSPS) is 15.5. The first-order valence-corrected chi connectivity index (χ1v) is 10.2. The van der Waals surface area contributed by atoms with Crippen LogP contribution in [-0.4, -0.2) is 36.3 Å². The Morgan fingerprint density at radius 3 is 2.50 bits per heavy atom. The van der Waals surface area contributed by atoms with E-state index in [0.29, 0.717) is 11.4 Å². The summed E-state index contributed by atoms with van der Waals surface area (Å²) in [7, 11) is 0. The maximum absolute atomic E-state index is 12.8. The maximum Gasteiger partial charge on any atom is 0.241 e. The average Bonchev–Trinajstić information content (AvgIpc) is 3.19. The van der Waals surface area contributed by atoms with Gasteiger partial charge in [0.25, 0.3) is 0 Å². The number of thiophene rings is 1. The van der Waals surface area contributed by atoms with Gasteiger partial charge in [0.15, 0.2) is 0 Å². The Morgan fingerprint density at radius 2 is 1.85 bits per heavy atom. The molecule has 0 radical (unpaired) electrons. The predicted molar refractivity (Wildman–Crippen MR) is 106 cm³/mol. The van der Waals surface area contributed by atoms with Gasteiger partial charge in [-0.15, -0.1) is 11.3 Å². The summed E-state index contributed by atoms with van der Waals surface area (Å²) in [6.45, 7) is 1.66. The third-order valence-corrected chi connectivity index (χ3v) is 5.85. The Labute approximate surface area is 163 Å². The number of nitrogens with one attached hydrogen (secondary N) is 1. The van der Waals surface area contributed by atoms with Crippen LogP contribution < -0.4 is 5.32 Å². The third kappa shape index (κ3) is 5.08. The Kier molecular flexibility index (Phi) is 6.69. The maximum atomic E-state index is 12.8. The highest BCUT2D eigenvalue weighted by Crippen LogP contribution is 2.25. The smallest absolute Gasteiger partial charge is 0.241 e. The van der Waals surface area contributed by atoms with Crippen LogP contribution in [0.3, 0.4) is 0 Å². The number of hydrogen-bond acceptors (Lipinski definition) is 3. The molecule has 1 aliphatic heterocycles. The predicted octanol–water partition coefficient (Wildman–Crippen LogP) is 3.86. The van der Waals surface area contributed by atoms with Gasteiger partial charge in [-0.25, -0.2) is 0 Å². The van der Waals surface area contributed by atoms with Crippen molar-refractivity contribution < 1.29 is 9.59 Å². The molecule has 1 N–H and O–H groups in total. The largest absolute Gasteiger partial charge is 0.346 e. The van der Waals surface area contributed by atoms with Crippen molar-refractivity contribution in [2.45, 2.75) is 31.6 Å². The van der Waals surface area contributed by atoms with Crippen LogP contribution in [0.5, 0.6) is 0 Å². The van der Waals surface area contributed by atoms with E-state index in [-0.39, 0.29) is 24.3 Å². The Bertz CT molecular complexity index is 725. The molecule has 1 aliphatic rings. The van der Waals surface area contributed by atoms with Crippen molar-refractivity contribution >= 4 is 34.8 Å². The van der Waals surface area contributed by atoms with Crippen molar-refractivity contribution in [3.05, 3.63) is 57.2 Å². The standard InChI is InChI=1S/C20H23ClN2O2S/c21-16-8-6-15(7-9-16)18(13-17-5-4-12-26-17)20(25)22-14-19(24)23-10-2-1-3-11-23/h4-9,12,18H,1-3,10-11,13-14H2,(H,22,25). The van der Waals surface area contributed by atoms with E-state index >= 15 is 0 Å². The molecule has 6 heteroatoms. The van der Waals surface area contributed by atoms with Crippen LogP contribution in [0.1, 0.15) is 35.6 Å². The number of carbonyl (C=O) groups is 2. The lowest BCUT2D eigenvalue weighted by molar-refractivity contribution is -0.133. The van der Waals surface area contributed by atoms with E-state index in [2.05, 4.69) is 5.32 Å². The Balaban J connectivity index is 1.66. The lowest BCUT2D eigenvalue weighted by atomic mass is 9.94. The minimum absolute atomic E-state index is 0.00373. The molecular formula is C20H23ClN2O2S. The van der Waals surface area contributed by atoms with Crippen molar-refractivity contribution in [1.82, 2.24) is 10.2 Å². The highest BCUT2D eigenvalue weighted by molar-refractivity contribution is 7.09. The van der Waals surface area contributed by atoms with E-state index in [0.717, 1.165) is 36.4 Å². The van der Waals surface area contributed by atoms with Gasteiger partial charge < -0.3 is 10.2 Å². The Morgan fingerprint density at radius 1 is 1.12 bits per heavy atom. The first-order valence-electron chi connectivity index (χ1n) is 8.97. The summed E-state index contributed by atoms with van der Waals surface area (Å²) >= 11 is 7.61. The number of nitrogens with zero attached hydrogens (tertiary/aromatic N) is 1. The molecule has 3 rings (SSSR count). The summed E-state index contributed by atoms with van der Waals surface area (Å²) in [5.41, 5.74) is 0.908. The van der Waals surface area contributed by atoms with Crippen molar-refractivity contribution in [1.29, 1.82) is 0 Å². The highest BCUT2D eigenvalue weighted by atomic mass is 35.5. The summed E-state index contributed by atoms with van der Waals surface area (Å²) < 4.78 is 0. The minimum atomic E-state index is -0.333. The first kappa shape index (κ1) is 18.9. The zero-order valence-electron chi connectivity index (χ0n) is 14.6. The molecule has 1 atom stereocenters. The number of rotatable bonds is 6. The zero-order valence-corrected chi connectivity index (χ0v) is 16.2. The van der Waals surface area contributed by atoms with Crippen LogP contribution >= 0.6 is 22.9 Å². The van der Waals surface area contributed by atoms with E-state index in [1.54, 1.807) is 23.5 Å². The van der Waals surface area contributed by atoms with Crippen LogP contribution in [0, 0.1) is 0 Å². The second-order valence-corrected chi connectivity index (χ2v) is 8.02. The molecule has 0 saturated carbocycles. The fraction of sp³-hybridized carbons (Fsp3) is 0.400. The molecule has 1 aromatic carbocycles. The first-order chi connectivity index (χ1) is 12.6. The topological polar surface area (TPSA) is 49.4 Å². The number of carbonyl (C=O) groups excluding carboxylic acids is 2. The summed E-state index contributed by atoms with van der Waals surface area (Å²) in [6, 6.07) is 11.4. The Hall–Kier alpha value is -1.85.